The lowest BCUT2D eigenvalue weighted by atomic mass is 10.2. The van der Waals surface area contributed by atoms with Crippen LogP contribution in [0, 0.1) is 0 Å². The number of ether oxygens (including phenoxy) is 2. The highest BCUT2D eigenvalue weighted by molar-refractivity contribution is 4.81. The average Bonchev–Trinajstić information content (AvgIpc) is 2.53. The molecule has 0 spiro atoms. The lowest BCUT2D eigenvalue weighted by molar-refractivity contribution is -0.146. The van der Waals surface area contributed by atoms with E-state index in [0.29, 0.717) is 0 Å². The minimum Gasteiger partial charge on any atom is -0.396 e. The lowest BCUT2D eigenvalue weighted by Crippen LogP contribution is -2.18. The fourth-order valence-corrected chi connectivity index (χ4v) is 2.24. The topological polar surface area (TPSA) is 38.7 Å². The maximum Gasteiger partial charge on any atom is 0.157 e. The molecule has 132 valence electrons. The molecule has 0 rings (SSSR count). The van der Waals surface area contributed by atoms with E-state index < -0.39 is 0 Å². The number of aliphatic hydroxyl groups is 1. The molecule has 0 aliphatic carbocycles. The molecule has 0 saturated carbocycles. The van der Waals surface area contributed by atoms with E-state index in [2.05, 4.69) is 19.9 Å². The van der Waals surface area contributed by atoms with Gasteiger partial charge in [-0.25, -0.2) is 0 Å². The fraction of sp³-hybridized carbons (Fsp3) is 0.895. The van der Waals surface area contributed by atoms with Crippen LogP contribution in [0.4, 0.5) is 0 Å². The second-order valence-corrected chi connectivity index (χ2v) is 5.85. The van der Waals surface area contributed by atoms with Crippen molar-refractivity contribution in [3.05, 3.63) is 12.2 Å². The summed E-state index contributed by atoms with van der Waals surface area (Å²) in [6.45, 7) is 6.28. The van der Waals surface area contributed by atoms with Gasteiger partial charge in [0.15, 0.2) is 6.29 Å². The molecule has 1 N–H and O–H groups in total. The predicted octanol–water partition coefficient (Wildman–Crippen LogP) is 5.23. The summed E-state index contributed by atoms with van der Waals surface area (Å²) in [5, 5.41) is 8.75. The van der Waals surface area contributed by atoms with Crippen LogP contribution >= 0.6 is 0 Å². The molecule has 0 heterocycles. The van der Waals surface area contributed by atoms with E-state index >= 15 is 0 Å². The standard InChI is InChI=1S/C19H38O3/c1-3-5-7-13-17-21-19(15-11-9-10-12-16-20)22-18-14-8-6-4-2/h9-10,19-20H,3-8,11-18H2,1-2H3/b10-9-. The maximum absolute atomic E-state index is 8.75. The summed E-state index contributed by atoms with van der Waals surface area (Å²) in [7, 11) is 0. The number of allylic oxidation sites excluding steroid dienone is 1. The summed E-state index contributed by atoms with van der Waals surface area (Å²) < 4.78 is 11.8. The normalized spacial score (nSPS) is 11.8. The van der Waals surface area contributed by atoms with Gasteiger partial charge in [0.25, 0.3) is 0 Å². The highest BCUT2D eigenvalue weighted by Crippen LogP contribution is 2.10. The quantitative estimate of drug-likeness (QED) is 0.227. The van der Waals surface area contributed by atoms with Crippen LogP contribution in [0.1, 0.15) is 84.5 Å². The van der Waals surface area contributed by atoms with E-state index in [1.54, 1.807) is 0 Å². The molecule has 3 heteroatoms. The van der Waals surface area contributed by atoms with E-state index in [9.17, 15) is 0 Å². The number of rotatable bonds is 17. The first-order valence-electron chi connectivity index (χ1n) is 9.34. The molecule has 0 amide bonds. The molecule has 0 aromatic heterocycles. The van der Waals surface area contributed by atoms with Gasteiger partial charge in [-0.1, -0.05) is 64.5 Å². The molecule has 22 heavy (non-hydrogen) atoms. The van der Waals surface area contributed by atoms with E-state index in [4.69, 9.17) is 14.6 Å². The molecule has 0 radical (unpaired) electrons. The van der Waals surface area contributed by atoms with Crippen molar-refractivity contribution < 1.29 is 14.6 Å². The third-order valence-corrected chi connectivity index (χ3v) is 3.63. The molecule has 3 nitrogen and oxygen atoms in total. The Labute approximate surface area is 138 Å². The SMILES string of the molecule is CCCCCCOC(CC/C=C\CCO)OCCCCCC. The highest BCUT2D eigenvalue weighted by Gasteiger charge is 2.08. The fourth-order valence-electron chi connectivity index (χ4n) is 2.24. The van der Waals surface area contributed by atoms with Gasteiger partial charge in [0.1, 0.15) is 0 Å². The molecule has 0 aliphatic heterocycles. The third-order valence-electron chi connectivity index (χ3n) is 3.63. The van der Waals surface area contributed by atoms with Crippen LogP contribution in [0.2, 0.25) is 0 Å². The minimum absolute atomic E-state index is 0.0676. The lowest BCUT2D eigenvalue weighted by Gasteiger charge is -2.18. The first-order chi connectivity index (χ1) is 10.8. The van der Waals surface area contributed by atoms with Crippen molar-refractivity contribution in [1.29, 1.82) is 0 Å². The van der Waals surface area contributed by atoms with Crippen LogP contribution in [0.25, 0.3) is 0 Å². The first-order valence-corrected chi connectivity index (χ1v) is 9.34. The van der Waals surface area contributed by atoms with Crippen LogP contribution in [-0.4, -0.2) is 31.2 Å². The smallest absolute Gasteiger partial charge is 0.157 e. The monoisotopic (exact) mass is 314 g/mol. The van der Waals surface area contributed by atoms with Gasteiger partial charge >= 0.3 is 0 Å². The molecule has 0 unspecified atom stereocenters. The Morgan fingerprint density at radius 3 is 1.82 bits per heavy atom. The van der Waals surface area contributed by atoms with Crippen molar-refractivity contribution >= 4 is 0 Å². The van der Waals surface area contributed by atoms with Gasteiger partial charge in [-0.15, -0.1) is 0 Å². The second-order valence-electron chi connectivity index (χ2n) is 5.85. The van der Waals surface area contributed by atoms with Crippen molar-refractivity contribution in [1.82, 2.24) is 0 Å². The Hall–Kier alpha value is -0.380. The van der Waals surface area contributed by atoms with Gasteiger partial charge < -0.3 is 14.6 Å². The van der Waals surface area contributed by atoms with E-state index in [1.807, 2.05) is 6.08 Å². The molecular weight excluding hydrogens is 276 g/mol. The van der Waals surface area contributed by atoms with Gasteiger partial charge in [0, 0.05) is 26.2 Å². The van der Waals surface area contributed by atoms with E-state index in [-0.39, 0.29) is 12.9 Å². The van der Waals surface area contributed by atoms with E-state index in [0.717, 1.165) is 45.3 Å². The molecule has 0 fully saturated rings. The largest absolute Gasteiger partial charge is 0.396 e. The first kappa shape index (κ1) is 21.6. The highest BCUT2D eigenvalue weighted by atomic mass is 16.7. The van der Waals surface area contributed by atoms with Crippen molar-refractivity contribution in [3.8, 4) is 0 Å². The molecule has 0 aromatic rings. The Bertz CT molecular complexity index is 215. The summed E-state index contributed by atoms with van der Waals surface area (Å²) in [6, 6.07) is 0. The molecule has 0 aromatic carbocycles. The van der Waals surface area contributed by atoms with Crippen LogP contribution < -0.4 is 0 Å². The predicted molar refractivity (Wildman–Crippen MR) is 94.1 cm³/mol. The van der Waals surface area contributed by atoms with E-state index in [1.165, 1.54) is 38.5 Å². The summed E-state index contributed by atoms with van der Waals surface area (Å²) in [5.41, 5.74) is 0. The Morgan fingerprint density at radius 2 is 1.32 bits per heavy atom. The summed E-state index contributed by atoms with van der Waals surface area (Å²) in [6.07, 6.45) is 16.5. The molecule has 0 bridgehead atoms. The van der Waals surface area contributed by atoms with Crippen molar-refractivity contribution in [2.45, 2.75) is 90.8 Å². The van der Waals surface area contributed by atoms with Gasteiger partial charge in [-0.05, 0) is 25.7 Å². The van der Waals surface area contributed by atoms with Crippen molar-refractivity contribution in [3.63, 3.8) is 0 Å². The van der Waals surface area contributed by atoms with Gasteiger partial charge in [0.05, 0.1) is 0 Å². The number of hydrogen-bond acceptors (Lipinski definition) is 3. The second kappa shape index (κ2) is 18.7. The van der Waals surface area contributed by atoms with Gasteiger partial charge in [-0.3, -0.25) is 0 Å². The van der Waals surface area contributed by atoms with Gasteiger partial charge in [0.2, 0.25) is 0 Å². The Balaban J connectivity index is 3.81. The number of aliphatic hydroxyl groups excluding tert-OH is 1. The average molecular weight is 315 g/mol. The summed E-state index contributed by atoms with van der Waals surface area (Å²) >= 11 is 0. The molecular formula is C19H38O3. The Morgan fingerprint density at radius 1 is 0.773 bits per heavy atom. The third kappa shape index (κ3) is 16.0. The molecule has 0 aliphatic rings. The zero-order valence-corrected chi connectivity index (χ0v) is 14.9. The summed E-state index contributed by atoms with van der Waals surface area (Å²) in [5.74, 6) is 0. The summed E-state index contributed by atoms with van der Waals surface area (Å²) in [4.78, 5) is 0. The van der Waals surface area contributed by atoms with Crippen LogP contribution in [-0.2, 0) is 9.47 Å². The van der Waals surface area contributed by atoms with Crippen LogP contribution in [0.5, 0.6) is 0 Å². The zero-order valence-electron chi connectivity index (χ0n) is 14.9. The number of hydrogen-bond donors (Lipinski definition) is 1. The van der Waals surface area contributed by atoms with Crippen molar-refractivity contribution in [2.24, 2.45) is 0 Å². The minimum atomic E-state index is -0.0676. The Kier molecular flexibility index (Phi) is 18.3. The van der Waals surface area contributed by atoms with Crippen molar-refractivity contribution in [2.75, 3.05) is 19.8 Å². The molecule has 0 atom stereocenters. The number of unbranched alkanes of at least 4 members (excludes halogenated alkanes) is 6. The van der Waals surface area contributed by atoms with Gasteiger partial charge in [-0.2, -0.15) is 0 Å². The zero-order chi connectivity index (χ0) is 16.3. The van der Waals surface area contributed by atoms with Crippen LogP contribution in [0.15, 0.2) is 12.2 Å². The van der Waals surface area contributed by atoms with Crippen LogP contribution in [0.3, 0.4) is 0 Å². The maximum atomic E-state index is 8.75. The molecule has 0 saturated heterocycles.